The quantitative estimate of drug-likeness (QED) is 0.457. The molecule has 0 aliphatic carbocycles. The predicted octanol–water partition coefficient (Wildman–Crippen LogP) is 3.15. The van der Waals surface area contributed by atoms with Gasteiger partial charge < -0.3 is 14.5 Å². The van der Waals surface area contributed by atoms with Crippen molar-refractivity contribution in [2.24, 2.45) is 5.92 Å². The van der Waals surface area contributed by atoms with Gasteiger partial charge in [-0.1, -0.05) is 23.7 Å². The molecular weight excluding hydrogens is 559 g/mol. The maximum atomic E-state index is 13.3. The number of hydrogen-bond donors (Lipinski definition) is 0. The molecule has 12 heteroatoms. The summed E-state index contributed by atoms with van der Waals surface area (Å²) in [6.07, 6.45) is 4.00. The highest BCUT2D eigenvalue weighted by Gasteiger charge is 2.37. The van der Waals surface area contributed by atoms with E-state index in [1.165, 1.54) is 30.2 Å². The lowest BCUT2D eigenvalue weighted by atomic mass is 9.96. The van der Waals surface area contributed by atoms with Crippen molar-refractivity contribution < 1.29 is 17.9 Å². The van der Waals surface area contributed by atoms with Crippen LogP contribution in [0.1, 0.15) is 31.2 Å². The van der Waals surface area contributed by atoms with Crippen molar-refractivity contribution in [1.29, 1.82) is 0 Å². The Bertz CT molecular complexity index is 964. The van der Waals surface area contributed by atoms with Gasteiger partial charge in [0.25, 0.3) is 0 Å². The summed E-state index contributed by atoms with van der Waals surface area (Å²) < 4.78 is 33.9. The van der Waals surface area contributed by atoms with Gasteiger partial charge in [0.15, 0.2) is 0 Å². The Morgan fingerprint density at radius 3 is 2.35 bits per heavy atom. The van der Waals surface area contributed by atoms with Crippen LogP contribution >= 0.6 is 36.4 Å². The third kappa shape index (κ3) is 8.18. The molecule has 0 N–H and O–H groups in total. The second kappa shape index (κ2) is 14.7. The topological polar surface area (TPSA) is 73.4 Å². The fraction of sp³-hybridized carbons (Fsp3) is 0.720. The summed E-state index contributed by atoms with van der Waals surface area (Å²) in [6.45, 7) is 9.15. The summed E-state index contributed by atoms with van der Waals surface area (Å²) >= 11 is 6.25. The third-order valence-corrected chi connectivity index (χ3v) is 10.3. The second-order valence-corrected chi connectivity index (χ2v) is 12.5. The molecule has 0 saturated carbocycles. The molecule has 3 aliphatic heterocycles. The zero-order valence-corrected chi connectivity index (χ0v) is 25.0. The van der Waals surface area contributed by atoms with Gasteiger partial charge in [-0.25, -0.2) is 8.42 Å². The number of likely N-dealkylation sites (tertiary alicyclic amines) is 1. The van der Waals surface area contributed by atoms with Crippen LogP contribution in [0.25, 0.3) is 0 Å². The van der Waals surface area contributed by atoms with Crippen molar-refractivity contribution in [2.45, 2.75) is 43.5 Å². The first-order valence-electron chi connectivity index (χ1n) is 12.8. The molecule has 37 heavy (non-hydrogen) atoms. The third-order valence-electron chi connectivity index (χ3n) is 7.67. The molecule has 0 radical (unpaired) electrons. The number of sulfonamides is 1. The van der Waals surface area contributed by atoms with E-state index in [-0.39, 0.29) is 59.9 Å². The van der Waals surface area contributed by atoms with E-state index < -0.39 is 10.0 Å². The lowest BCUT2D eigenvalue weighted by Gasteiger charge is -2.38. The van der Waals surface area contributed by atoms with Crippen molar-refractivity contribution >= 4 is 52.3 Å². The molecule has 3 saturated heterocycles. The summed E-state index contributed by atoms with van der Waals surface area (Å²) in [6, 6.07) is 4.83. The summed E-state index contributed by atoms with van der Waals surface area (Å²) in [5, 5.41) is 0.238. The van der Waals surface area contributed by atoms with Crippen molar-refractivity contribution in [1.82, 2.24) is 19.0 Å². The number of benzene rings is 1. The summed E-state index contributed by atoms with van der Waals surface area (Å²) in [7, 11) is -1.54. The number of rotatable bonds is 8. The van der Waals surface area contributed by atoms with E-state index in [9.17, 15) is 13.2 Å². The van der Waals surface area contributed by atoms with E-state index >= 15 is 0 Å². The molecule has 1 amide bonds. The van der Waals surface area contributed by atoms with Crippen LogP contribution in [0.4, 0.5) is 0 Å². The van der Waals surface area contributed by atoms with Crippen LogP contribution in [0.2, 0.25) is 5.02 Å². The second-order valence-electron chi connectivity index (χ2n) is 10.2. The normalized spacial score (nSPS) is 22.5. The highest BCUT2D eigenvalue weighted by molar-refractivity contribution is 7.89. The van der Waals surface area contributed by atoms with E-state index in [1.54, 1.807) is 25.1 Å². The van der Waals surface area contributed by atoms with Crippen LogP contribution in [0, 0.1) is 12.8 Å². The van der Waals surface area contributed by atoms with E-state index in [0.29, 0.717) is 18.5 Å². The van der Waals surface area contributed by atoms with Gasteiger partial charge in [-0.05, 0) is 70.3 Å². The molecule has 1 aromatic rings. The Morgan fingerprint density at radius 2 is 1.70 bits per heavy atom. The zero-order valence-electron chi connectivity index (χ0n) is 21.8. The fourth-order valence-electron chi connectivity index (χ4n) is 5.52. The monoisotopic (exact) mass is 598 g/mol. The van der Waals surface area contributed by atoms with Gasteiger partial charge in [-0.2, -0.15) is 4.31 Å². The van der Waals surface area contributed by atoms with Crippen LogP contribution in [0.15, 0.2) is 23.1 Å². The van der Waals surface area contributed by atoms with Crippen molar-refractivity contribution in [3.63, 3.8) is 0 Å². The first-order chi connectivity index (χ1) is 16.8. The molecule has 3 aliphatic rings. The number of carbonyl (C=O) groups excluding carboxylic acids is 1. The molecule has 0 bridgehead atoms. The molecule has 8 nitrogen and oxygen atoms in total. The Morgan fingerprint density at radius 1 is 1.03 bits per heavy atom. The van der Waals surface area contributed by atoms with Crippen LogP contribution < -0.4 is 0 Å². The smallest absolute Gasteiger partial charge is 0.248 e. The van der Waals surface area contributed by atoms with Gasteiger partial charge in [0.05, 0.1) is 11.6 Å². The molecular formula is C25H41Cl3N4O4S. The number of halogens is 3. The van der Waals surface area contributed by atoms with Gasteiger partial charge in [0, 0.05) is 45.3 Å². The Labute approximate surface area is 239 Å². The van der Waals surface area contributed by atoms with Crippen molar-refractivity contribution in [3.05, 3.63) is 28.8 Å². The van der Waals surface area contributed by atoms with Gasteiger partial charge in [0.2, 0.25) is 15.9 Å². The molecule has 4 rings (SSSR count). The average molecular weight is 600 g/mol. The van der Waals surface area contributed by atoms with Crippen LogP contribution in [0.3, 0.4) is 0 Å². The SMILES string of the molecule is Cc1cccc(Cl)c1S(=O)(=O)N1CCC[C@H]1COCC(=O)N1CCN(CC2CCN(C)CC2)CC1.Cl.Cl. The Balaban J connectivity index is 0.00000241. The van der Waals surface area contributed by atoms with E-state index in [1.807, 2.05) is 4.90 Å². The van der Waals surface area contributed by atoms with Crippen LogP contribution in [-0.4, -0.2) is 112 Å². The number of piperidine rings is 1. The highest BCUT2D eigenvalue weighted by atomic mass is 35.5. The largest absolute Gasteiger partial charge is 0.370 e. The molecule has 1 atom stereocenters. The molecule has 0 spiro atoms. The lowest BCUT2D eigenvalue weighted by Crippen LogP contribution is -2.51. The average Bonchev–Trinajstić information content (AvgIpc) is 3.30. The summed E-state index contributed by atoms with van der Waals surface area (Å²) in [5.74, 6) is 0.746. The number of ether oxygens (including phenoxy) is 1. The van der Waals surface area contributed by atoms with Crippen molar-refractivity contribution in [3.8, 4) is 0 Å². The summed E-state index contributed by atoms with van der Waals surface area (Å²) in [4.78, 5) is 19.6. The standard InChI is InChI=1S/C25H39ClN4O4S.2ClH/c1-20-5-3-7-23(26)25(20)35(32,33)30-10-4-6-22(30)18-34-19-24(31)29-15-13-28(14-16-29)17-21-8-11-27(2)12-9-21;;/h3,5,7,21-22H,4,6,8-19H2,1-2H3;2*1H/t22-;;/m0../s1. The lowest BCUT2D eigenvalue weighted by molar-refractivity contribution is -0.138. The van der Waals surface area contributed by atoms with Gasteiger partial charge >= 0.3 is 0 Å². The van der Waals surface area contributed by atoms with Crippen molar-refractivity contribution in [2.75, 3.05) is 72.6 Å². The first-order valence-corrected chi connectivity index (χ1v) is 14.6. The van der Waals surface area contributed by atoms with Crippen LogP contribution in [0.5, 0.6) is 0 Å². The minimum absolute atomic E-state index is 0. The highest BCUT2D eigenvalue weighted by Crippen LogP contribution is 2.32. The number of amides is 1. The molecule has 3 fully saturated rings. The minimum atomic E-state index is -3.72. The van der Waals surface area contributed by atoms with E-state index in [0.717, 1.165) is 45.1 Å². The summed E-state index contributed by atoms with van der Waals surface area (Å²) in [5.41, 5.74) is 0.634. The minimum Gasteiger partial charge on any atom is -0.370 e. The molecule has 0 unspecified atom stereocenters. The number of piperazine rings is 1. The van der Waals surface area contributed by atoms with Gasteiger partial charge in [0.1, 0.15) is 11.5 Å². The Kier molecular flexibility index (Phi) is 12.9. The van der Waals surface area contributed by atoms with E-state index in [4.69, 9.17) is 16.3 Å². The maximum Gasteiger partial charge on any atom is 0.248 e. The molecule has 0 aromatic heterocycles. The van der Waals surface area contributed by atoms with Gasteiger partial charge in [-0.3, -0.25) is 9.69 Å². The number of nitrogens with zero attached hydrogens (tertiary/aromatic N) is 4. The fourth-order valence-corrected chi connectivity index (χ4v) is 7.98. The van der Waals surface area contributed by atoms with Crippen LogP contribution in [-0.2, 0) is 19.6 Å². The number of aryl methyl sites for hydroxylation is 1. The van der Waals surface area contributed by atoms with E-state index in [2.05, 4.69) is 16.8 Å². The number of carbonyl (C=O) groups is 1. The first kappa shape index (κ1) is 32.6. The zero-order chi connectivity index (χ0) is 25.0. The number of hydrogen-bond acceptors (Lipinski definition) is 6. The molecule has 3 heterocycles. The maximum absolute atomic E-state index is 13.3. The Hall–Kier alpha value is -0.650. The molecule has 212 valence electrons. The predicted molar refractivity (Wildman–Crippen MR) is 152 cm³/mol. The van der Waals surface area contributed by atoms with Gasteiger partial charge in [-0.15, -0.1) is 24.8 Å². The molecule has 1 aromatic carbocycles.